The Morgan fingerprint density at radius 3 is 2.36 bits per heavy atom. The number of nitrogens with zero attached hydrogens (tertiary/aromatic N) is 1. The molecule has 1 aliphatic carbocycles. The van der Waals surface area contributed by atoms with Crippen molar-refractivity contribution in [2.75, 3.05) is 18.4 Å². The van der Waals surface area contributed by atoms with Crippen LogP contribution < -0.4 is 10.6 Å². The number of hydrogen-bond donors (Lipinski definition) is 2. The zero-order valence-electron chi connectivity index (χ0n) is 16.2. The monoisotopic (exact) mass is 385 g/mol. The number of nitrogens with one attached hydrogen (secondary N) is 2. The van der Waals surface area contributed by atoms with E-state index in [0.29, 0.717) is 17.8 Å². The van der Waals surface area contributed by atoms with E-state index in [9.17, 15) is 19.2 Å². The number of likely N-dealkylation sites (tertiary alicyclic amines) is 1. The van der Waals surface area contributed by atoms with Gasteiger partial charge in [-0.3, -0.25) is 24.1 Å². The molecule has 2 N–H and O–H groups in total. The molecule has 2 aliphatic rings. The standard InChI is InChI=1S/C21H27N3O4/c1-2-12-22-19(26)16-9-5-6-10-17(16)23-18(25)11-13-24-20(27)14-7-3-4-8-15(14)21(24)28/h5-6,9-10,14-15H,2-4,7-8,11-13H2,1H3,(H,22,26)(H,23,25)/t14-,15-/m1/s1. The number of anilines is 1. The number of amides is 4. The molecule has 0 unspecified atom stereocenters. The van der Waals surface area contributed by atoms with E-state index in [1.807, 2.05) is 6.92 Å². The first-order valence-corrected chi connectivity index (χ1v) is 10.0. The molecule has 1 saturated heterocycles. The topological polar surface area (TPSA) is 95.6 Å². The van der Waals surface area contributed by atoms with E-state index in [2.05, 4.69) is 10.6 Å². The molecule has 2 fully saturated rings. The normalized spacial score (nSPS) is 21.4. The molecule has 1 saturated carbocycles. The van der Waals surface area contributed by atoms with Gasteiger partial charge in [-0.05, 0) is 31.4 Å². The van der Waals surface area contributed by atoms with Gasteiger partial charge in [0.2, 0.25) is 17.7 Å². The van der Waals surface area contributed by atoms with E-state index in [1.165, 1.54) is 4.90 Å². The first-order valence-electron chi connectivity index (χ1n) is 10.0. The van der Waals surface area contributed by atoms with Crippen LogP contribution >= 0.6 is 0 Å². The summed E-state index contributed by atoms with van der Waals surface area (Å²) in [5.74, 6) is -1.25. The smallest absolute Gasteiger partial charge is 0.253 e. The molecule has 3 rings (SSSR count). The van der Waals surface area contributed by atoms with Crippen molar-refractivity contribution in [3.8, 4) is 0 Å². The number of carbonyl (C=O) groups is 4. The summed E-state index contributed by atoms with van der Waals surface area (Å²) in [5, 5.41) is 5.53. The van der Waals surface area contributed by atoms with Crippen LogP contribution in [0.1, 0.15) is 55.8 Å². The van der Waals surface area contributed by atoms with Crippen LogP contribution in [0.4, 0.5) is 5.69 Å². The van der Waals surface area contributed by atoms with Crippen molar-refractivity contribution in [3.05, 3.63) is 29.8 Å². The molecular weight excluding hydrogens is 358 g/mol. The van der Waals surface area contributed by atoms with Crippen LogP contribution in [0.3, 0.4) is 0 Å². The maximum atomic E-state index is 12.5. The van der Waals surface area contributed by atoms with Crippen LogP contribution in [0.25, 0.3) is 0 Å². The van der Waals surface area contributed by atoms with Crippen LogP contribution in [-0.4, -0.2) is 41.6 Å². The van der Waals surface area contributed by atoms with Gasteiger partial charge in [-0.15, -0.1) is 0 Å². The fourth-order valence-corrected chi connectivity index (χ4v) is 4.00. The minimum Gasteiger partial charge on any atom is -0.352 e. The highest BCUT2D eigenvalue weighted by molar-refractivity contribution is 6.06. The van der Waals surface area contributed by atoms with Crippen LogP contribution in [-0.2, 0) is 14.4 Å². The Morgan fingerprint density at radius 1 is 1.07 bits per heavy atom. The minimum atomic E-state index is -0.328. The maximum absolute atomic E-state index is 12.5. The minimum absolute atomic E-state index is 0.0157. The number of imide groups is 1. The number of rotatable bonds is 7. The quantitative estimate of drug-likeness (QED) is 0.704. The zero-order chi connectivity index (χ0) is 20.1. The Hall–Kier alpha value is -2.70. The second-order valence-corrected chi connectivity index (χ2v) is 7.43. The van der Waals surface area contributed by atoms with Gasteiger partial charge in [0, 0.05) is 19.5 Å². The summed E-state index contributed by atoms with van der Waals surface area (Å²) in [6.45, 7) is 2.61. The molecule has 0 aromatic heterocycles. The van der Waals surface area contributed by atoms with Crippen molar-refractivity contribution in [1.82, 2.24) is 10.2 Å². The van der Waals surface area contributed by atoms with Gasteiger partial charge in [-0.25, -0.2) is 0 Å². The average molecular weight is 385 g/mol. The SMILES string of the molecule is CCCNC(=O)c1ccccc1NC(=O)CCN1C(=O)[C@@H]2CCCC[C@H]2C1=O. The van der Waals surface area contributed by atoms with Crippen LogP contribution in [0.2, 0.25) is 0 Å². The molecule has 0 radical (unpaired) electrons. The molecule has 1 aliphatic heterocycles. The summed E-state index contributed by atoms with van der Waals surface area (Å²) in [5.41, 5.74) is 0.817. The number of benzene rings is 1. The van der Waals surface area contributed by atoms with Gasteiger partial charge in [0.1, 0.15) is 0 Å². The molecule has 7 nitrogen and oxygen atoms in total. The van der Waals surface area contributed by atoms with Crippen molar-refractivity contribution in [3.63, 3.8) is 0 Å². The first-order chi connectivity index (χ1) is 13.5. The molecule has 1 aromatic rings. The molecule has 0 spiro atoms. The highest BCUT2D eigenvalue weighted by Gasteiger charge is 2.47. The zero-order valence-corrected chi connectivity index (χ0v) is 16.2. The van der Waals surface area contributed by atoms with Gasteiger partial charge in [0.25, 0.3) is 5.91 Å². The Labute approximate surface area is 164 Å². The van der Waals surface area contributed by atoms with Crippen molar-refractivity contribution >= 4 is 29.3 Å². The predicted octanol–water partition coefficient (Wildman–Crippen LogP) is 2.33. The molecule has 0 bridgehead atoms. The van der Waals surface area contributed by atoms with Gasteiger partial charge < -0.3 is 10.6 Å². The summed E-state index contributed by atoms with van der Waals surface area (Å²) in [6.07, 6.45) is 4.31. The summed E-state index contributed by atoms with van der Waals surface area (Å²) >= 11 is 0. The van der Waals surface area contributed by atoms with Crippen molar-refractivity contribution in [1.29, 1.82) is 0 Å². The summed E-state index contributed by atoms with van der Waals surface area (Å²) in [4.78, 5) is 50.9. The van der Waals surface area contributed by atoms with E-state index in [-0.39, 0.29) is 48.4 Å². The molecule has 7 heteroatoms. The predicted molar refractivity (Wildman–Crippen MR) is 104 cm³/mol. The summed E-state index contributed by atoms with van der Waals surface area (Å²) in [7, 11) is 0. The van der Waals surface area contributed by atoms with E-state index in [1.54, 1.807) is 24.3 Å². The van der Waals surface area contributed by atoms with Crippen LogP contribution in [0, 0.1) is 11.8 Å². The Morgan fingerprint density at radius 2 is 1.71 bits per heavy atom. The molecule has 2 atom stereocenters. The van der Waals surface area contributed by atoms with Crippen molar-refractivity contribution < 1.29 is 19.2 Å². The fraction of sp³-hybridized carbons (Fsp3) is 0.524. The number of hydrogen-bond acceptors (Lipinski definition) is 4. The van der Waals surface area contributed by atoms with Gasteiger partial charge in [-0.1, -0.05) is 31.9 Å². The highest BCUT2D eigenvalue weighted by atomic mass is 16.2. The van der Waals surface area contributed by atoms with Gasteiger partial charge in [-0.2, -0.15) is 0 Å². The lowest BCUT2D eigenvalue weighted by atomic mass is 9.81. The summed E-state index contributed by atoms with van der Waals surface area (Å²) < 4.78 is 0. The second kappa shape index (κ2) is 8.99. The third kappa shape index (κ3) is 4.24. The maximum Gasteiger partial charge on any atom is 0.253 e. The van der Waals surface area contributed by atoms with Crippen LogP contribution in [0.5, 0.6) is 0 Å². The molecule has 1 heterocycles. The van der Waals surface area contributed by atoms with Crippen molar-refractivity contribution in [2.45, 2.75) is 45.4 Å². The Kier molecular flexibility index (Phi) is 6.44. The van der Waals surface area contributed by atoms with E-state index in [4.69, 9.17) is 0 Å². The highest BCUT2D eigenvalue weighted by Crippen LogP contribution is 2.37. The largest absolute Gasteiger partial charge is 0.352 e. The lowest BCUT2D eigenvalue weighted by Crippen LogP contribution is -2.34. The second-order valence-electron chi connectivity index (χ2n) is 7.43. The van der Waals surface area contributed by atoms with Gasteiger partial charge >= 0.3 is 0 Å². The third-order valence-corrected chi connectivity index (χ3v) is 5.48. The van der Waals surface area contributed by atoms with Gasteiger partial charge in [0.15, 0.2) is 0 Å². The van der Waals surface area contributed by atoms with E-state index >= 15 is 0 Å². The number of para-hydroxylation sites is 1. The van der Waals surface area contributed by atoms with E-state index < -0.39 is 0 Å². The lowest BCUT2D eigenvalue weighted by molar-refractivity contribution is -0.140. The van der Waals surface area contributed by atoms with E-state index in [0.717, 1.165) is 32.1 Å². The lowest BCUT2D eigenvalue weighted by Gasteiger charge is -2.19. The fourth-order valence-electron chi connectivity index (χ4n) is 4.00. The average Bonchev–Trinajstić information content (AvgIpc) is 2.95. The molecule has 150 valence electrons. The Balaban J connectivity index is 1.59. The third-order valence-electron chi connectivity index (χ3n) is 5.48. The van der Waals surface area contributed by atoms with Crippen molar-refractivity contribution in [2.24, 2.45) is 11.8 Å². The summed E-state index contributed by atoms with van der Waals surface area (Å²) in [6, 6.07) is 6.79. The van der Waals surface area contributed by atoms with Crippen LogP contribution in [0.15, 0.2) is 24.3 Å². The number of fused-ring (bicyclic) bond motifs is 1. The molecule has 1 aromatic carbocycles. The first kappa shape index (κ1) is 20.0. The number of carbonyl (C=O) groups excluding carboxylic acids is 4. The molecule has 4 amide bonds. The Bertz CT molecular complexity index is 753. The molecule has 28 heavy (non-hydrogen) atoms. The molecular formula is C21H27N3O4. The van der Waals surface area contributed by atoms with Gasteiger partial charge in [0.05, 0.1) is 23.1 Å².